The lowest BCUT2D eigenvalue weighted by molar-refractivity contribution is -0.142. The van der Waals surface area contributed by atoms with Crippen LogP contribution in [0.3, 0.4) is 0 Å². The molecule has 0 spiro atoms. The van der Waals surface area contributed by atoms with E-state index >= 15 is 0 Å². The number of ether oxygens (including phenoxy) is 2. The van der Waals surface area contributed by atoms with Crippen molar-refractivity contribution in [3.8, 4) is 5.75 Å². The fourth-order valence-electron chi connectivity index (χ4n) is 3.46. The number of carboxylic acids is 1. The lowest BCUT2D eigenvalue weighted by Gasteiger charge is -2.20. The number of amides is 2. The number of nitrogens with one attached hydrogen (secondary N) is 2. The second kappa shape index (κ2) is 14.5. The molecule has 1 aromatic carbocycles. The van der Waals surface area contributed by atoms with Gasteiger partial charge in [0.1, 0.15) is 11.8 Å². The van der Waals surface area contributed by atoms with Crippen LogP contribution in [0.1, 0.15) is 72.3 Å². The Labute approximate surface area is 207 Å². The summed E-state index contributed by atoms with van der Waals surface area (Å²) in [7, 11) is 0. The molecule has 1 rings (SSSR count). The SMILES string of the molecule is CC(=O)Oc1ccc([C@H](CC(C)C)C(=O)NCCOCC[C@H](NC(=O)CC(C)(C)C)C(=O)O)cc1. The van der Waals surface area contributed by atoms with E-state index in [-0.39, 0.29) is 61.7 Å². The third kappa shape index (κ3) is 12.9. The summed E-state index contributed by atoms with van der Waals surface area (Å²) in [5, 5.41) is 14.7. The topological polar surface area (TPSA) is 131 Å². The first-order valence-electron chi connectivity index (χ1n) is 11.9. The van der Waals surface area contributed by atoms with Crippen LogP contribution in [0, 0.1) is 11.3 Å². The molecule has 0 saturated carbocycles. The van der Waals surface area contributed by atoms with Gasteiger partial charge in [0.15, 0.2) is 0 Å². The average Bonchev–Trinajstić information content (AvgIpc) is 2.72. The highest BCUT2D eigenvalue weighted by molar-refractivity contribution is 5.84. The number of benzene rings is 1. The van der Waals surface area contributed by atoms with Crippen molar-refractivity contribution >= 4 is 23.8 Å². The second-order valence-corrected chi connectivity index (χ2v) is 10.2. The maximum atomic E-state index is 12.8. The van der Waals surface area contributed by atoms with Crippen LogP contribution >= 0.6 is 0 Å². The lowest BCUT2D eigenvalue weighted by Crippen LogP contribution is -2.42. The number of carbonyl (C=O) groups is 4. The fourth-order valence-corrected chi connectivity index (χ4v) is 3.46. The highest BCUT2D eigenvalue weighted by Gasteiger charge is 2.24. The van der Waals surface area contributed by atoms with Gasteiger partial charge in [-0.1, -0.05) is 46.8 Å². The third-order valence-electron chi connectivity index (χ3n) is 4.99. The van der Waals surface area contributed by atoms with Crippen LogP contribution in [-0.4, -0.2) is 54.7 Å². The molecule has 0 aliphatic heterocycles. The minimum atomic E-state index is -1.11. The average molecular weight is 493 g/mol. The van der Waals surface area contributed by atoms with Gasteiger partial charge in [0.05, 0.1) is 12.5 Å². The summed E-state index contributed by atoms with van der Waals surface area (Å²) in [6, 6.07) is 5.87. The quantitative estimate of drug-likeness (QED) is 0.206. The molecule has 1 aromatic rings. The molecule has 2 atom stereocenters. The lowest BCUT2D eigenvalue weighted by atomic mass is 9.89. The van der Waals surface area contributed by atoms with Crippen molar-refractivity contribution in [2.75, 3.05) is 19.8 Å². The fraction of sp³-hybridized carbons (Fsp3) is 0.615. The van der Waals surface area contributed by atoms with Gasteiger partial charge in [0, 0.05) is 32.9 Å². The monoisotopic (exact) mass is 492 g/mol. The van der Waals surface area contributed by atoms with Crippen molar-refractivity contribution in [1.29, 1.82) is 0 Å². The Morgan fingerprint density at radius 2 is 1.66 bits per heavy atom. The Morgan fingerprint density at radius 1 is 1.03 bits per heavy atom. The van der Waals surface area contributed by atoms with Crippen LogP contribution in [0.25, 0.3) is 0 Å². The minimum absolute atomic E-state index is 0.129. The van der Waals surface area contributed by atoms with E-state index in [1.807, 2.05) is 34.6 Å². The molecule has 3 N–H and O–H groups in total. The van der Waals surface area contributed by atoms with E-state index in [0.29, 0.717) is 12.2 Å². The summed E-state index contributed by atoms with van der Waals surface area (Å²) in [6.07, 6.45) is 1.01. The molecule has 0 heterocycles. The summed E-state index contributed by atoms with van der Waals surface area (Å²) < 4.78 is 10.5. The zero-order valence-corrected chi connectivity index (χ0v) is 21.7. The highest BCUT2D eigenvalue weighted by Crippen LogP contribution is 2.26. The van der Waals surface area contributed by atoms with Crippen LogP contribution in [0.2, 0.25) is 0 Å². The molecule has 0 bridgehead atoms. The zero-order valence-electron chi connectivity index (χ0n) is 21.7. The Balaban J connectivity index is 2.51. The standard InChI is InChI=1S/C26H40N2O7/c1-17(2)15-21(19-7-9-20(10-8-19)35-18(3)29)24(31)27-12-14-34-13-11-22(25(32)33)28-23(30)16-26(4,5)6/h7-10,17,21-22H,11-16H2,1-6H3,(H,27,31)(H,28,30)(H,32,33)/t21-,22-/m0/s1. The molecule has 0 aliphatic rings. The second-order valence-electron chi connectivity index (χ2n) is 10.2. The Hall–Kier alpha value is -2.94. The van der Waals surface area contributed by atoms with Crippen LogP contribution in [0.5, 0.6) is 5.75 Å². The van der Waals surface area contributed by atoms with Crippen LogP contribution in [0.15, 0.2) is 24.3 Å². The minimum Gasteiger partial charge on any atom is -0.480 e. The molecule has 0 radical (unpaired) electrons. The van der Waals surface area contributed by atoms with E-state index in [1.54, 1.807) is 24.3 Å². The highest BCUT2D eigenvalue weighted by atomic mass is 16.5. The van der Waals surface area contributed by atoms with E-state index in [2.05, 4.69) is 10.6 Å². The van der Waals surface area contributed by atoms with Crippen molar-refractivity contribution in [3.05, 3.63) is 29.8 Å². The zero-order chi connectivity index (χ0) is 26.6. The number of hydrogen-bond acceptors (Lipinski definition) is 6. The van der Waals surface area contributed by atoms with Gasteiger partial charge in [-0.3, -0.25) is 14.4 Å². The summed E-state index contributed by atoms with van der Waals surface area (Å²) in [6.45, 7) is 11.7. The van der Waals surface area contributed by atoms with E-state index in [0.717, 1.165) is 5.56 Å². The smallest absolute Gasteiger partial charge is 0.326 e. The van der Waals surface area contributed by atoms with Gasteiger partial charge in [-0.15, -0.1) is 0 Å². The van der Waals surface area contributed by atoms with Crippen LogP contribution in [-0.2, 0) is 23.9 Å². The summed E-state index contributed by atoms with van der Waals surface area (Å²) in [4.78, 5) is 47.4. The van der Waals surface area contributed by atoms with Crippen LogP contribution < -0.4 is 15.4 Å². The van der Waals surface area contributed by atoms with Gasteiger partial charge < -0.3 is 25.2 Å². The number of aliphatic carboxylic acids is 1. The van der Waals surface area contributed by atoms with Crippen molar-refractivity contribution in [2.45, 2.75) is 72.8 Å². The molecule has 9 heteroatoms. The molecule has 0 aliphatic carbocycles. The maximum absolute atomic E-state index is 12.8. The summed E-state index contributed by atoms with van der Waals surface area (Å²) in [5.74, 6) is -1.62. The van der Waals surface area contributed by atoms with Gasteiger partial charge in [-0.25, -0.2) is 4.79 Å². The van der Waals surface area contributed by atoms with Gasteiger partial charge in [0.25, 0.3) is 0 Å². The Kier molecular flexibility index (Phi) is 12.4. The van der Waals surface area contributed by atoms with Crippen molar-refractivity contribution in [1.82, 2.24) is 10.6 Å². The molecule has 196 valence electrons. The van der Waals surface area contributed by atoms with Crippen molar-refractivity contribution in [2.24, 2.45) is 11.3 Å². The molecule has 2 amide bonds. The predicted molar refractivity (Wildman–Crippen MR) is 132 cm³/mol. The Morgan fingerprint density at radius 3 is 2.17 bits per heavy atom. The number of hydrogen-bond donors (Lipinski definition) is 3. The van der Waals surface area contributed by atoms with E-state index < -0.39 is 18.0 Å². The molecule has 0 aromatic heterocycles. The van der Waals surface area contributed by atoms with Gasteiger partial charge >= 0.3 is 11.9 Å². The summed E-state index contributed by atoms with van der Waals surface area (Å²) in [5.41, 5.74) is 0.586. The first-order chi connectivity index (χ1) is 16.3. The largest absolute Gasteiger partial charge is 0.480 e. The molecule has 0 fully saturated rings. The van der Waals surface area contributed by atoms with E-state index in [4.69, 9.17) is 9.47 Å². The number of carboxylic acid groups (broad SMARTS) is 1. The molecule has 0 saturated heterocycles. The molecular formula is C26H40N2O7. The van der Waals surface area contributed by atoms with Crippen molar-refractivity contribution < 1.29 is 33.8 Å². The predicted octanol–water partition coefficient (Wildman–Crippen LogP) is 3.27. The first kappa shape index (κ1) is 30.1. The van der Waals surface area contributed by atoms with Gasteiger partial charge in [0.2, 0.25) is 11.8 Å². The maximum Gasteiger partial charge on any atom is 0.326 e. The van der Waals surface area contributed by atoms with E-state index in [1.165, 1.54) is 6.92 Å². The molecular weight excluding hydrogens is 452 g/mol. The Bertz CT molecular complexity index is 844. The van der Waals surface area contributed by atoms with E-state index in [9.17, 15) is 24.3 Å². The molecule has 35 heavy (non-hydrogen) atoms. The van der Waals surface area contributed by atoms with Crippen molar-refractivity contribution in [3.63, 3.8) is 0 Å². The number of esters is 1. The number of carbonyl (C=O) groups excluding carboxylic acids is 3. The number of rotatable bonds is 14. The summed E-state index contributed by atoms with van der Waals surface area (Å²) >= 11 is 0. The normalized spacial score (nSPS) is 13.1. The first-order valence-corrected chi connectivity index (χ1v) is 11.9. The van der Waals surface area contributed by atoms with Gasteiger partial charge in [-0.2, -0.15) is 0 Å². The molecule has 0 unspecified atom stereocenters. The molecule has 9 nitrogen and oxygen atoms in total. The van der Waals surface area contributed by atoms with Crippen LogP contribution in [0.4, 0.5) is 0 Å². The third-order valence-corrected chi connectivity index (χ3v) is 4.99. The van der Waals surface area contributed by atoms with Gasteiger partial charge in [-0.05, 0) is 35.4 Å².